The van der Waals surface area contributed by atoms with Crippen molar-refractivity contribution in [1.82, 2.24) is 20.1 Å². The van der Waals surface area contributed by atoms with Gasteiger partial charge in [0.15, 0.2) is 5.79 Å². The summed E-state index contributed by atoms with van der Waals surface area (Å²) in [5.41, 5.74) is 11.2. The van der Waals surface area contributed by atoms with E-state index in [-0.39, 0.29) is 17.9 Å². The minimum atomic E-state index is -0.936. The summed E-state index contributed by atoms with van der Waals surface area (Å²) < 4.78 is 7.49. The lowest BCUT2D eigenvalue weighted by atomic mass is 10.1. The number of thioether (sulfide) groups is 1. The lowest BCUT2D eigenvalue weighted by molar-refractivity contribution is -0.122. The molecule has 2 aliphatic heterocycles. The Kier molecular flexibility index (Phi) is 5.16. The van der Waals surface area contributed by atoms with Crippen LogP contribution in [0, 0.1) is 19.8 Å². The van der Waals surface area contributed by atoms with Crippen LogP contribution in [-0.4, -0.2) is 50.4 Å². The van der Waals surface area contributed by atoms with E-state index in [9.17, 15) is 4.79 Å². The highest BCUT2D eigenvalue weighted by Gasteiger charge is 2.37. The third-order valence-electron chi connectivity index (χ3n) is 6.15. The van der Waals surface area contributed by atoms with E-state index < -0.39 is 5.79 Å². The van der Waals surface area contributed by atoms with Gasteiger partial charge in [-0.2, -0.15) is 5.10 Å². The Morgan fingerprint density at radius 1 is 1.44 bits per heavy atom. The molecule has 2 aromatic rings. The van der Waals surface area contributed by atoms with E-state index in [1.54, 1.807) is 18.9 Å². The largest absolute Gasteiger partial charge is 0.496 e. The zero-order valence-corrected chi connectivity index (χ0v) is 19.7. The second-order valence-electron chi connectivity index (χ2n) is 9.06. The fourth-order valence-corrected chi connectivity index (χ4v) is 5.53. The number of aliphatic imine (C=N–C) groups is 1. The fourth-order valence-electron chi connectivity index (χ4n) is 4.36. The summed E-state index contributed by atoms with van der Waals surface area (Å²) >= 11 is 1.63. The van der Waals surface area contributed by atoms with Crippen molar-refractivity contribution in [2.24, 2.45) is 16.6 Å². The van der Waals surface area contributed by atoms with E-state index in [1.165, 1.54) is 0 Å². The van der Waals surface area contributed by atoms with Crippen molar-refractivity contribution in [1.29, 1.82) is 0 Å². The van der Waals surface area contributed by atoms with Crippen molar-refractivity contribution in [3.8, 4) is 5.75 Å². The summed E-state index contributed by atoms with van der Waals surface area (Å²) in [4.78, 5) is 21.7. The summed E-state index contributed by atoms with van der Waals surface area (Å²) in [6.07, 6.45) is 4.47. The summed E-state index contributed by atoms with van der Waals surface area (Å²) in [7, 11) is 1.68. The van der Waals surface area contributed by atoms with Crippen LogP contribution in [0.15, 0.2) is 11.2 Å². The maximum atomic E-state index is 12.4. The van der Waals surface area contributed by atoms with Gasteiger partial charge in [0, 0.05) is 41.5 Å². The molecule has 1 fully saturated rings. The van der Waals surface area contributed by atoms with Crippen molar-refractivity contribution >= 4 is 28.5 Å². The zero-order chi connectivity index (χ0) is 22.6. The Labute approximate surface area is 191 Å². The molecule has 1 saturated carbocycles. The Bertz CT molecular complexity index is 1120. The molecule has 0 radical (unpaired) electrons. The zero-order valence-electron chi connectivity index (χ0n) is 18.9. The van der Waals surface area contributed by atoms with Gasteiger partial charge in [0.05, 0.1) is 30.6 Å². The molecule has 2 aromatic heterocycles. The first-order valence-corrected chi connectivity index (χ1v) is 11.9. The molecule has 0 saturated heterocycles. The lowest BCUT2D eigenvalue weighted by Crippen LogP contribution is -2.46. The highest BCUT2D eigenvalue weighted by molar-refractivity contribution is 8.14. The maximum absolute atomic E-state index is 12.4. The number of ether oxygens (including phenoxy) is 1. The van der Waals surface area contributed by atoms with Crippen LogP contribution in [0.3, 0.4) is 0 Å². The van der Waals surface area contributed by atoms with Gasteiger partial charge in [0.2, 0.25) is 5.91 Å². The third kappa shape index (κ3) is 3.86. The van der Waals surface area contributed by atoms with Crippen LogP contribution in [-0.2, 0) is 17.8 Å². The van der Waals surface area contributed by atoms with Gasteiger partial charge in [-0.05, 0) is 33.6 Å². The smallest absolute Gasteiger partial charge is 0.223 e. The number of methoxy groups -OCH3 is 1. The van der Waals surface area contributed by atoms with Crippen molar-refractivity contribution < 1.29 is 9.53 Å². The topological polar surface area (TPSA) is 119 Å². The minimum absolute atomic E-state index is 0.0113. The van der Waals surface area contributed by atoms with E-state index in [0.29, 0.717) is 13.0 Å². The van der Waals surface area contributed by atoms with Gasteiger partial charge in [0.1, 0.15) is 16.6 Å². The molecule has 5 rings (SSSR count). The van der Waals surface area contributed by atoms with Gasteiger partial charge in [-0.1, -0.05) is 0 Å². The number of carbonyl (C=O) groups is 1. The summed E-state index contributed by atoms with van der Waals surface area (Å²) in [5.74, 6) is 1.83. The van der Waals surface area contributed by atoms with Crippen LogP contribution in [0.2, 0.25) is 0 Å². The van der Waals surface area contributed by atoms with Crippen LogP contribution in [0.4, 0.5) is 5.82 Å². The monoisotopic (exact) mass is 455 g/mol. The molecular formula is C22H29N7O2S. The Morgan fingerprint density at radius 2 is 2.22 bits per heavy atom. The molecule has 3 aliphatic rings. The molecule has 10 heteroatoms. The number of nitrogens with one attached hydrogen (secondary N) is 2. The first-order chi connectivity index (χ1) is 15.3. The summed E-state index contributed by atoms with van der Waals surface area (Å²) in [6, 6.07) is 0.0113. The predicted molar refractivity (Wildman–Crippen MR) is 125 cm³/mol. The number of hydrogen-bond donors (Lipinski definition) is 3. The Hall–Kier alpha value is -2.59. The molecule has 1 amide bonds. The number of nitrogens with two attached hydrogens (primary N) is 1. The number of pyridine rings is 1. The van der Waals surface area contributed by atoms with E-state index >= 15 is 0 Å². The van der Waals surface area contributed by atoms with Gasteiger partial charge in [-0.3, -0.25) is 15.5 Å². The van der Waals surface area contributed by atoms with E-state index in [1.807, 2.05) is 31.6 Å². The van der Waals surface area contributed by atoms with Gasteiger partial charge in [-0.25, -0.2) is 9.67 Å². The second-order valence-corrected chi connectivity index (χ2v) is 10.1. The molecule has 0 bridgehead atoms. The van der Waals surface area contributed by atoms with E-state index in [4.69, 9.17) is 20.6 Å². The van der Waals surface area contributed by atoms with Gasteiger partial charge in [-0.15, -0.1) is 11.8 Å². The third-order valence-corrected chi connectivity index (χ3v) is 7.29. The van der Waals surface area contributed by atoms with E-state index in [0.717, 1.165) is 63.3 Å². The van der Waals surface area contributed by atoms with Crippen molar-refractivity contribution in [3.63, 3.8) is 0 Å². The highest BCUT2D eigenvalue weighted by Crippen LogP contribution is 2.37. The number of aryl methyl sites for hydroxylation is 1. The van der Waals surface area contributed by atoms with Crippen molar-refractivity contribution in [2.45, 2.75) is 58.4 Å². The molecule has 170 valence electrons. The number of anilines is 1. The van der Waals surface area contributed by atoms with Gasteiger partial charge in [0.25, 0.3) is 0 Å². The molecular weight excluding hydrogens is 426 g/mol. The van der Waals surface area contributed by atoms with Crippen LogP contribution in [0.5, 0.6) is 5.75 Å². The molecule has 32 heavy (non-hydrogen) atoms. The van der Waals surface area contributed by atoms with Crippen molar-refractivity contribution in [3.05, 3.63) is 34.3 Å². The van der Waals surface area contributed by atoms with Crippen LogP contribution in [0.25, 0.3) is 0 Å². The molecule has 4 N–H and O–H groups in total. The Morgan fingerprint density at radius 3 is 2.94 bits per heavy atom. The van der Waals surface area contributed by atoms with Gasteiger partial charge < -0.3 is 15.4 Å². The highest BCUT2D eigenvalue weighted by atomic mass is 32.2. The number of aromatic nitrogens is 3. The van der Waals surface area contributed by atoms with Crippen LogP contribution < -0.4 is 21.1 Å². The van der Waals surface area contributed by atoms with E-state index in [2.05, 4.69) is 15.6 Å². The SMILES string of the molecule is COc1c(C)cnc(Cn2nc3c4c2NC(C)(N)N=C4SCC(NC(=O)C2CC2)C3)c1C. The van der Waals surface area contributed by atoms with Gasteiger partial charge >= 0.3 is 0 Å². The standard InChI is InChI=1S/C22H29N7O2S/c1-11-8-24-16(12(2)18(11)31-4)9-29-19-17-15(28-29)7-14(25-20(30)13-5-6-13)10-32-21(17)27-22(3,23)26-19/h8,13-14,26H,5-7,9-10,23H2,1-4H3,(H,25,30). The summed E-state index contributed by atoms with van der Waals surface area (Å²) in [6.45, 7) is 6.32. The first-order valence-electron chi connectivity index (χ1n) is 10.9. The molecule has 9 nitrogen and oxygen atoms in total. The molecule has 2 atom stereocenters. The molecule has 0 aromatic carbocycles. The number of rotatable bonds is 5. The van der Waals surface area contributed by atoms with Crippen LogP contribution in [0.1, 0.15) is 47.8 Å². The molecule has 0 spiro atoms. The maximum Gasteiger partial charge on any atom is 0.223 e. The number of nitrogens with zero attached hydrogens (tertiary/aromatic N) is 4. The molecule has 1 aliphatic carbocycles. The molecule has 2 unspecified atom stereocenters. The quantitative estimate of drug-likeness (QED) is 0.630. The first kappa shape index (κ1) is 21.3. The minimum Gasteiger partial charge on any atom is -0.496 e. The van der Waals surface area contributed by atoms with Crippen molar-refractivity contribution in [2.75, 3.05) is 18.2 Å². The Balaban J connectivity index is 1.51. The predicted octanol–water partition coefficient (Wildman–Crippen LogP) is 1.94. The number of carbonyl (C=O) groups excluding carboxylic acids is 1. The summed E-state index contributed by atoms with van der Waals surface area (Å²) in [5, 5.41) is 12.4. The number of amides is 1. The average molecular weight is 456 g/mol. The average Bonchev–Trinajstić information content (AvgIpc) is 3.54. The number of hydrogen-bond acceptors (Lipinski definition) is 8. The molecule has 4 heterocycles. The van der Waals surface area contributed by atoms with Crippen LogP contribution >= 0.6 is 11.8 Å². The lowest BCUT2D eigenvalue weighted by Gasteiger charge is -2.29. The second kappa shape index (κ2) is 7.77. The fraction of sp³-hybridized carbons (Fsp3) is 0.545. The normalized spacial score (nSPS) is 24.2.